The maximum Gasteiger partial charge on any atom is 0.228 e. The van der Waals surface area contributed by atoms with E-state index in [2.05, 4.69) is 69.5 Å². The number of nitrogens with one attached hydrogen (secondary N) is 1. The molecule has 0 saturated heterocycles. The zero-order valence-electron chi connectivity index (χ0n) is 21.1. The summed E-state index contributed by atoms with van der Waals surface area (Å²) in [7, 11) is 0. The number of hydrogen-bond donors (Lipinski definition) is 4. The summed E-state index contributed by atoms with van der Waals surface area (Å²) in [5.41, 5.74) is 16.2. The summed E-state index contributed by atoms with van der Waals surface area (Å²) in [6.07, 6.45) is 1.82. The van der Waals surface area contributed by atoms with Crippen molar-refractivity contribution in [2.75, 3.05) is 11.9 Å². The minimum Gasteiger partial charge on any atom is -0.508 e. The summed E-state index contributed by atoms with van der Waals surface area (Å²) in [5, 5.41) is 16.0. The van der Waals surface area contributed by atoms with Gasteiger partial charge in [0.1, 0.15) is 5.75 Å². The third kappa shape index (κ3) is 5.95. The van der Waals surface area contributed by atoms with Crippen molar-refractivity contribution in [1.29, 1.82) is 0 Å². The van der Waals surface area contributed by atoms with E-state index in [0.717, 1.165) is 40.8 Å². The number of aromatic hydroxyl groups is 1. The summed E-state index contributed by atoms with van der Waals surface area (Å²) in [4.78, 5) is 16.8. The Hall–Kier alpha value is -4.78. The first-order valence-electron chi connectivity index (χ1n) is 12.7. The van der Waals surface area contributed by atoms with Gasteiger partial charge in [0.2, 0.25) is 5.91 Å². The van der Waals surface area contributed by atoms with Crippen molar-refractivity contribution in [3.05, 3.63) is 108 Å². The van der Waals surface area contributed by atoms with E-state index in [9.17, 15) is 9.90 Å². The molecule has 0 aliphatic carbocycles. The Morgan fingerprint density at radius 2 is 1.58 bits per heavy atom. The highest BCUT2D eigenvalue weighted by molar-refractivity contribution is 5.95. The highest BCUT2D eigenvalue weighted by Crippen LogP contribution is 2.26. The highest BCUT2D eigenvalue weighted by Gasteiger charge is 2.12. The van der Waals surface area contributed by atoms with E-state index in [1.165, 1.54) is 16.3 Å². The number of benzene rings is 4. The van der Waals surface area contributed by atoms with Gasteiger partial charge in [0.15, 0.2) is 5.96 Å². The van der Waals surface area contributed by atoms with Crippen molar-refractivity contribution < 1.29 is 9.90 Å². The first-order chi connectivity index (χ1) is 18.4. The second kappa shape index (κ2) is 11.1. The average Bonchev–Trinajstić information content (AvgIpc) is 3.24. The lowest BCUT2D eigenvalue weighted by Crippen LogP contribution is -2.23. The van der Waals surface area contributed by atoms with Crippen LogP contribution in [0, 0.1) is 0 Å². The molecule has 5 rings (SSSR count). The summed E-state index contributed by atoms with van der Waals surface area (Å²) >= 11 is 0. The van der Waals surface area contributed by atoms with Crippen molar-refractivity contribution in [1.82, 2.24) is 4.57 Å². The van der Waals surface area contributed by atoms with Crippen molar-refractivity contribution >= 4 is 39.2 Å². The lowest BCUT2D eigenvalue weighted by Gasteiger charge is -2.12. The van der Waals surface area contributed by atoms with Gasteiger partial charge in [-0.05, 0) is 64.7 Å². The Labute approximate surface area is 221 Å². The maximum absolute atomic E-state index is 12.6. The van der Waals surface area contributed by atoms with Crippen LogP contribution in [0.15, 0.2) is 96.0 Å². The number of nitrogens with zero attached hydrogens (tertiary/aromatic N) is 2. The molecule has 7 heteroatoms. The molecular weight excluding hydrogens is 474 g/mol. The molecule has 0 atom stereocenters. The van der Waals surface area contributed by atoms with E-state index in [4.69, 9.17) is 11.5 Å². The van der Waals surface area contributed by atoms with Gasteiger partial charge in [-0.3, -0.25) is 9.79 Å². The fourth-order valence-electron chi connectivity index (χ4n) is 4.82. The SMILES string of the molecule is NC(N)=NCCc1cc2cc(NC(=O)Cc3ccc(O)cc3)ccc2n1CCc1ccc2ccccc2c1. The largest absolute Gasteiger partial charge is 0.508 e. The van der Waals surface area contributed by atoms with Crippen LogP contribution in [-0.2, 0) is 30.6 Å². The van der Waals surface area contributed by atoms with E-state index in [0.29, 0.717) is 13.0 Å². The van der Waals surface area contributed by atoms with Gasteiger partial charge in [0.05, 0.1) is 6.42 Å². The molecule has 1 aromatic heterocycles. The number of guanidine groups is 1. The number of rotatable bonds is 9. The van der Waals surface area contributed by atoms with Crippen LogP contribution in [0.4, 0.5) is 5.69 Å². The van der Waals surface area contributed by atoms with Gasteiger partial charge >= 0.3 is 0 Å². The van der Waals surface area contributed by atoms with Gasteiger partial charge < -0.3 is 26.5 Å². The second-order valence-corrected chi connectivity index (χ2v) is 9.44. The molecule has 0 spiro atoms. The number of carbonyl (C=O) groups is 1. The van der Waals surface area contributed by atoms with Gasteiger partial charge in [-0.2, -0.15) is 0 Å². The van der Waals surface area contributed by atoms with Crippen molar-refractivity contribution in [3.63, 3.8) is 0 Å². The Bertz CT molecular complexity index is 1620. The molecule has 0 aliphatic rings. The molecule has 0 unspecified atom stereocenters. The molecular formula is C31H31N5O2. The van der Waals surface area contributed by atoms with Gasteiger partial charge in [-0.1, -0.05) is 54.6 Å². The molecule has 4 aromatic carbocycles. The van der Waals surface area contributed by atoms with E-state index in [1.54, 1.807) is 24.3 Å². The molecule has 38 heavy (non-hydrogen) atoms. The highest BCUT2D eigenvalue weighted by atomic mass is 16.3. The first kappa shape index (κ1) is 24.9. The Morgan fingerprint density at radius 1 is 0.816 bits per heavy atom. The quantitative estimate of drug-likeness (QED) is 0.171. The van der Waals surface area contributed by atoms with Gasteiger partial charge in [-0.15, -0.1) is 0 Å². The van der Waals surface area contributed by atoms with Crippen LogP contribution in [0.1, 0.15) is 16.8 Å². The fraction of sp³-hybridized carbons (Fsp3) is 0.161. The number of nitrogens with two attached hydrogens (primary N) is 2. The van der Waals surface area contributed by atoms with Crippen LogP contribution in [0.25, 0.3) is 21.7 Å². The molecule has 0 aliphatic heterocycles. The number of phenols is 1. The lowest BCUT2D eigenvalue weighted by molar-refractivity contribution is -0.115. The minimum atomic E-state index is -0.112. The van der Waals surface area contributed by atoms with Crippen LogP contribution < -0.4 is 16.8 Å². The maximum atomic E-state index is 12.6. The predicted molar refractivity (Wildman–Crippen MR) is 154 cm³/mol. The monoisotopic (exact) mass is 505 g/mol. The number of carbonyl (C=O) groups excluding carboxylic acids is 1. The molecule has 0 bridgehead atoms. The van der Waals surface area contributed by atoms with Crippen LogP contribution in [0.2, 0.25) is 0 Å². The number of amides is 1. The van der Waals surface area contributed by atoms with Gasteiger partial charge in [0, 0.05) is 41.8 Å². The summed E-state index contributed by atoms with van der Waals surface area (Å²) < 4.78 is 2.31. The third-order valence-electron chi connectivity index (χ3n) is 6.67. The van der Waals surface area contributed by atoms with Crippen molar-refractivity contribution in [2.24, 2.45) is 16.5 Å². The molecule has 1 amide bonds. The second-order valence-electron chi connectivity index (χ2n) is 9.44. The van der Waals surface area contributed by atoms with E-state index >= 15 is 0 Å². The Kier molecular flexibility index (Phi) is 7.26. The zero-order valence-corrected chi connectivity index (χ0v) is 21.1. The molecule has 192 valence electrons. The first-order valence-corrected chi connectivity index (χ1v) is 12.7. The number of fused-ring (bicyclic) bond motifs is 2. The van der Waals surface area contributed by atoms with Gasteiger partial charge in [0.25, 0.3) is 0 Å². The Balaban J connectivity index is 1.36. The van der Waals surface area contributed by atoms with Crippen molar-refractivity contribution in [3.8, 4) is 5.75 Å². The van der Waals surface area contributed by atoms with Crippen LogP contribution in [0.5, 0.6) is 5.75 Å². The number of aryl methyl sites for hydroxylation is 2. The van der Waals surface area contributed by atoms with Crippen LogP contribution in [0.3, 0.4) is 0 Å². The third-order valence-corrected chi connectivity index (χ3v) is 6.67. The molecule has 6 N–H and O–H groups in total. The Morgan fingerprint density at radius 3 is 2.37 bits per heavy atom. The normalized spacial score (nSPS) is 11.1. The number of phenolic OH excluding ortho intramolecular Hbond substituents is 1. The number of aliphatic imine (C=N–C) groups is 1. The smallest absolute Gasteiger partial charge is 0.228 e. The molecule has 1 heterocycles. The lowest BCUT2D eigenvalue weighted by atomic mass is 10.1. The summed E-state index contributed by atoms with van der Waals surface area (Å²) in [5.74, 6) is 0.154. The standard InChI is InChI=1S/C31H31N5O2/c32-31(33)34-15-13-27-20-25-19-26(35-30(38)18-21-6-10-28(37)11-7-21)9-12-29(25)36(27)16-14-22-5-8-23-3-1-2-4-24(23)17-22/h1-12,17,19-20,37H,13-16,18H2,(H,35,38)(H4,32,33,34). The van der Waals surface area contributed by atoms with Crippen LogP contribution >= 0.6 is 0 Å². The molecule has 7 nitrogen and oxygen atoms in total. The number of anilines is 1. The van der Waals surface area contributed by atoms with Gasteiger partial charge in [-0.25, -0.2) is 0 Å². The average molecular weight is 506 g/mol. The summed E-state index contributed by atoms with van der Waals surface area (Å²) in [6.45, 7) is 1.32. The molecule has 5 aromatic rings. The number of aromatic nitrogens is 1. The number of hydrogen-bond acceptors (Lipinski definition) is 3. The topological polar surface area (TPSA) is 119 Å². The molecule has 0 radical (unpaired) electrons. The summed E-state index contributed by atoms with van der Waals surface area (Å²) in [6, 6.07) is 29.8. The molecule has 0 saturated carbocycles. The predicted octanol–water partition coefficient (Wildman–Crippen LogP) is 4.74. The fourth-order valence-corrected chi connectivity index (χ4v) is 4.82. The van der Waals surface area contributed by atoms with E-state index in [1.807, 2.05) is 12.1 Å². The molecule has 0 fully saturated rings. The van der Waals surface area contributed by atoms with E-state index < -0.39 is 0 Å². The zero-order chi connectivity index (χ0) is 26.5. The van der Waals surface area contributed by atoms with Crippen LogP contribution in [-0.4, -0.2) is 28.1 Å². The van der Waals surface area contributed by atoms with Crippen molar-refractivity contribution in [2.45, 2.75) is 25.8 Å². The minimum absolute atomic E-state index is 0.0856. The van der Waals surface area contributed by atoms with E-state index in [-0.39, 0.29) is 24.0 Å².